The molecule has 4 aromatic rings. The first-order valence-electron chi connectivity index (χ1n) is 11.0. The minimum absolute atomic E-state index is 0.0512. The van der Waals surface area contributed by atoms with Crippen LogP contribution in [-0.4, -0.2) is 26.4 Å². The van der Waals surface area contributed by atoms with E-state index in [4.69, 9.17) is 4.74 Å². The summed E-state index contributed by atoms with van der Waals surface area (Å²) >= 11 is 0. The molecule has 2 heterocycles. The molecule has 0 unspecified atom stereocenters. The SMILES string of the molecule is COc1ccc(S(=O)(=O)N(C(=O)Cc2cccnc2)c2ccccc2C=Cc2cc[n+]([O-])cc2)cc1. The summed E-state index contributed by atoms with van der Waals surface area (Å²) in [5, 5.41) is 11.3. The Morgan fingerprint density at radius 1 is 1.00 bits per heavy atom. The Balaban J connectivity index is 1.79. The third-order valence-electron chi connectivity index (χ3n) is 5.34. The molecule has 0 spiro atoms. The predicted octanol–water partition coefficient (Wildman–Crippen LogP) is 3.86. The van der Waals surface area contributed by atoms with Crippen LogP contribution >= 0.6 is 0 Å². The van der Waals surface area contributed by atoms with E-state index in [9.17, 15) is 18.4 Å². The van der Waals surface area contributed by atoms with Gasteiger partial charge in [0.2, 0.25) is 5.91 Å². The summed E-state index contributed by atoms with van der Waals surface area (Å²) in [6.07, 6.45) is 9.12. The van der Waals surface area contributed by atoms with Crippen molar-refractivity contribution in [1.29, 1.82) is 0 Å². The number of aromatic nitrogens is 2. The molecule has 0 fully saturated rings. The summed E-state index contributed by atoms with van der Waals surface area (Å²) < 4.78 is 34.3. The average Bonchev–Trinajstić information content (AvgIpc) is 2.89. The normalized spacial score (nSPS) is 11.4. The van der Waals surface area contributed by atoms with E-state index in [0.717, 1.165) is 9.87 Å². The number of ether oxygens (including phenoxy) is 1. The average molecular weight is 502 g/mol. The standard InChI is InChI=1S/C27H23N3O5S/c1-35-24-10-12-25(13-11-24)36(33,34)30(27(31)19-22-5-4-16-28-20-22)26-7-3-2-6-23(26)9-8-21-14-17-29(32)18-15-21/h2-18,20H,19H2,1H3. The molecule has 0 saturated carbocycles. The molecule has 0 N–H and O–H groups in total. The Morgan fingerprint density at radius 3 is 2.39 bits per heavy atom. The number of benzene rings is 2. The van der Waals surface area contributed by atoms with E-state index in [2.05, 4.69) is 4.98 Å². The van der Waals surface area contributed by atoms with Gasteiger partial charge in [-0.3, -0.25) is 9.78 Å². The minimum atomic E-state index is -4.28. The number of para-hydroxylation sites is 1. The van der Waals surface area contributed by atoms with Gasteiger partial charge in [0.05, 0.1) is 24.1 Å². The lowest BCUT2D eigenvalue weighted by Gasteiger charge is -2.24. The van der Waals surface area contributed by atoms with Crippen LogP contribution in [0.5, 0.6) is 5.75 Å². The molecule has 8 nitrogen and oxygen atoms in total. The van der Waals surface area contributed by atoms with E-state index in [-0.39, 0.29) is 17.0 Å². The second kappa shape index (κ2) is 10.8. The smallest absolute Gasteiger partial charge is 0.270 e. The van der Waals surface area contributed by atoms with E-state index in [1.807, 2.05) is 0 Å². The number of carbonyl (C=O) groups is 1. The maximum Gasteiger partial charge on any atom is 0.270 e. The number of hydrogen-bond acceptors (Lipinski definition) is 6. The minimum Gasteiger partial charge on any atom is -0.619 e. The highest BCUT2D eigenvalue weighted by atomic mass is 32.2. The summed E-state index contributed by atoms with van der Waals surface area (Å²) in [4.78, 5) is 17.5. The lowest BCUT2D eigenvalue weighted by atomic mass is 10.1. The van der Waals surface area contributed by atoms with Crippen LogP contribution in [0.2, 0.25) is 0 Å². The van der Waals surface area contributed by atoms with Gasteiger partial charge in [-0.25, -0.2) is 12.7 Å². The van der Waals surface area contributed by atoms with Crippen LogP contribution in [0, 0.1) is 5.21 Å². The molecular weight excluding hydrogens is 478 g/mol. The van der Waals surface area contributed by atoms with Gasteiger partial charge >= 0.3 is 0 Å². The molecule has 0 radical (unpaired) electrons. The fourth-order valence-electron chi connectivity index (χ4n) is 3.53. The lowest BCUT2D eigenvalue weighted by molar-refractivity contribution is -0.605. The molecule has 9 heteroatoms. The Hall–Kier alpha value is -4.50. The highest BCUT2D eigenvalue weighted by Gasteiger charge is 2.32. The molecule has 0 bridgehead atoms. The lowest BCUT2D eigenvalue weighted by Crippen LogP contribution is -2.38. The van der Waals surface area contributed by atoms with Crippen molar-refractivity contribution < 1.29 is 22.7 Å². The van der Waals surface area contributed by atoms with E-state index in [1.54, 1.807) is 66.9 Å². The zero-order chi connectivity index (χ0) is 25.5. The van der Waals surface area contributed by atoms with Crippen molar-refractivity contribution in [3.05, 3.63) is 119 Å². The van der Waals surface area contributed by atoms with Gasteiger partial charge in [-0.05, 0) is 53.1 Å². The van der Waals surface area contributed by atoms with E-state index in [1.165, 1.54) is 50.0 Å². The number of amides is 1. The van der Waals surface area contributed by atoms with Crippen molar-refractivity contribution in [2.45, 2.75) is 11.3 Å². The molecule has 2 aromatic heterocycles. The predicted molar refractivity (Wildman–Crippen MR) is 136 cm³/mol. The van der Waals surface area contributed by atoms with Gasteiger partial charge in [0.15, 0.2) is 12.4 Å². The van der Waals surface area contributed by atoms with Crippen molar-refractivity contribution in [3.63, 3.8) is 0 Å². The number of sulfonamides is 1. The van der Waals surface area contributed by atoms with Crippen molar-refractivity contribution >= 4 is 33.8 Å². The van der Waals surface area contributed by atoms with E-state index >= 15 is 0 Å². The van der Waals surface area contributed by atoms with Crippen LogP contribution in [0.15, 0.2) is 102 Å². The van der Waals surface area contributed by atoms with Gasteiger partial charge in [0, 0.05) is 24.5 Å². The van der Waals surface area contributed by atoms with Crippen LogP contribution in [-0.2, 0) is 21.2 Å². The second-order valence-electron chi connectivity index (χ2n) is 7.76. The van der Waals surface area contributed by atoms with E-state index in [0.29, 0.717) is 21.6 Å². The molecule has 36 heavy (non-hydrogen) atoms. The maximum atomic E-state index is 13.8. The number of methoxy groups -OCH3 is 1. The molecule has 0 aliphatic heterocycles. The fourth-order valence-corrected chi connectivity index (χ4v) is 4.98. The van der Waals surface area contributed by atoms with Gasteiger partial charge in [-0.2, -0.15) is 4.73 Å². The number of hydrogen-bond donors (Lipinski definition) is 0. The molecule has 0 aliphatic rings. The molecule has 0 saturated heterocycles. The first-order valence-corrected chi connectivity index (χ1v) is 12.4. The highest BCUT2D eigenvalue weighted by molar-refractivity contribution is 7.93. The number of carbonyl (C=O) groups excluding carboxylic acids is 1. The molecule has 2 aromatic carbocycles. The van der Waals surface area contributed by atoms with Crippen LogP contribution in [0.3, 0.4) is 0 Å². The van der Waals surface area contributed by atoms with Crippen molar-refractivity contribution in [1.82, 2.24) is 4.98 Å². The molecule has 0 aliphatic carbocycles. The maximum absolute atomic E-state index is 13.8. The van der Waals surface area contributed by atoms with Crippen molar-refractivity contribution in [2.24, 2.45) is 0 Å². The first kappa shape index (κ1) is 24.6. The van der Waals surface area contributed by atoms with Crippen molar-refractivity contribution in [3.8, 4) is 5.75 Å². The summed E-state index contributed by atoms with van der Waals surface area (Å²) in [6.45, 7) is 0. The van der Waals surface area contributed by atoms with Crippen LogP contribution in [0.1, 0.15) is 16.7 Å². The fraction of sp³-hybridized carbons (Fsp3) is 0.0741. The van der Waals surface area contributed by atoms with Gasteiger partial charge in [-0.15, -0.1) is 0 Å². The van der Waals surface area contributed by atoms with Gasteiger partial charge in [-0.1, -0.05) is 36.4 Å². The van der Waals surface area contributed by atoms with Gasteiger partial charge < -0.3 is 9.94 Å². The van der Waals surface area contributed by atoms with Crippen LogP contribution in [0.25, 0.3) is 12.2 Å². The van der Waals surface area contributed by atoms with Crippen LogP contribution in [0.4, 0.5) is 5.69 Å². The highest BCUT2D eigenvalue weighted by Crippen LogP contribution is 2.30. The van der Waals surface area contributed by atoms with E-state index < -0.39 is 15.9 Å². The summed E-state index contributed by atoms with van der Waals surface area (Å²) in [5.74, 6) is -0.139. The van der Waals surface area contributed by atoms with Gasteiger partial charge in [0.1, 0.15) is 5.75 Å². The second-order valence-corrected chi connectivity index (χ2v) is 9.55. The first-order chi connectivity index (χ1) is 17.4. The van der Waals surface area contributed by atoms with Crippen molar-refractivity contribution in [2.75, 3.05) is 11.4 Å². The van der Waals surface area contributed by atoms with Crippen LogP contribution < -0.4 is 13.8 Å². The zero-order valence-corrected chi connectivity index (χ0v) is 20.2. The molecule has 182 valence electrons. The molecular formula is C27H23N3O5S. The zero-order valence-electron chi connectivity index (χ0n) is 19.4. The molecule has 4 rings (SSSR count). The van der Waals surface area contributed by atoms with Gasteiger partial charge in [0.25, 0.3) is 10.0 Å². The summed E-state index contributed by atoms with van der Waals surface area (Å²) in [6, 6.07) is 19.2. The third-order valence-corrected chi connectivity index (χ3v) is 7.09. The Kier molecular flexibility index (Phi) is 7.41. The Morgan fingerprint density at radius 2 is 1.72 bits per heavy atom. The summed E-state index contributed by atoms with van der Waals surface area (Å²) in [5.41, 5.74) is 2.03. The monoisotopic (exact) mass is 501 g/mol. The largest absolute Gasteiger partial charge is 0.619 e. The number of pyridine rings is 2. The Bertz CT molecular complexity index is 1470. The Labute approximate surface area is 209 Å². The third kappa shape index (κ3) is 5.59. The topological polar surface area (TPSA) is 104 Å². The number of anilines is 1. The number of rotatable bonds is 8. The summed E-state index contributed by atoms with van der Waals surface area (Å²) in [7, 11) is -2.79. The molecule has 1 amide bonds. The quantitative estimate of drug-likeness (QED) is 0.268. The molecule has 0 atom stereocenters. The number of nitrogens with zero attached hydrogens (tertiary/aromatic N) is 3.